The predicted octanol–water partition coefficient (Wildman–Crippen LogP) is 2.43. The Kier molecular flexibility index (Phi) is 6.11. The summed E-state index contributed by atoms with van der Waals surface area (Å²) in [7, 11) is -3.44. The van der Waals surface area contributed by atoms with Gasteiger partial charge in [0.1, 0.15) is 11.1 Å². The molecule has 1 N–H and O–H groups in total. The van der Waals surface area contributed by atoms with E-state index in [9.17, 15) is 17.6 Å². The van der Waals surface area contributed by atoms with Gasteiger partial charge in [-0.05, 0) is 25.0 Å². The summed E-state index contributed by atoms with van der Waals surface area (Å²) in [6, 6.07) is 6.37. The van der Waals surface area contributed by atoms with Gasteiger partial charge in [0.2, 0.25) is 5.91 Å². The minimum atomic E-state index is -3.44. The summed E-state index contributed by atoms with van der Waals surface area (Å²) >= 11 is 0. The lowest BCUT2D eigenvalue weighted by Crippen LogP contribution is -2.44. The highest BCUT2D eigenvalue weighted by Crippen LogP contribution is 2.24. The van der Waals surface area contributed by atoms with Crippen molar-refractivity contribution in [3.63, 3.8) is 0 Å². The van der Waals surface area contributed by atoms with Crippen LogP contribution < -0.4 is 5.32 Å². The van der Waals surface area contributed by atoms with Crippen molar-refractivity contribution >= 4 is 15.7 Å². The van der Waals surface area contributed by atoms with Crippen molar-refractivity contribution in [1.29, 1.82) is 0 Å². The Hall–Kier alpha value is -1.43. The number of carbonyl (C=O) groups excluding carboxylic acids is 1. The van der Waals surface area contributed by atoms with E-state index in [2.05, 4.69) is 5.32 Å². The molecule has 1 aromatic carbocycles. The second-order valence-electron chi connectivity index (χ2n) is 6.09. The Morgan fingerprint density at radius 2 is 1.91 bits per heavy atom. The predicted molar refractivity (Wildman–Crippen MR) is 86.0 cm³/mol. The van der Waals surface area contributed by atoms with Gasteiger partial charge in [0.25, 0.3) is 0 Å². The molecule has 0 aliphatic rings. The van der Waals surface area contributed by atoms with Crippen LogP contribution in [0.25, 0.3) is 0 Å². The lowest BCUT2D eigenvalue weighted by Gasteiger charge is -2.26. The zero-order chi connectivity index (χ0) is 17.0. The number of carbonyl (C=O) groups is 1. The van der Waals surface area contributed by atoms with Crippen LogP contribution in [0, 0.1) is 5.82 Å². The molecule has 0 radical (unpaired) electrons. The van der Waals surface area contributed by atoms with Crippen molar-refractivity contribution in [3.8, 4) is 0 Å². The monoisotopic (exact) mass is 329 g/mol. The lowest BCUT2D eigenvalue weighted by molar-refractivity contribution is -0.120. The van der Waals surface area contributed by atoms with Crippen LogP contribution in [0.5, 0.6) is 0 Å². The molecule has 0 saturated carbocycles. The fraction of sp³-hybridized carbons (Fsp3) is 0.562. The van der Waals surface area contributed by atoms with E-state index in [1.807, 2.05) is 0 Å². The van der Waals surface area contributed by atoms with Crippen molar-refractivity contribution in [2.45, 2.75) is 44.8 Å². The van der Waals surface area contributed by atoms with Gasteiger partial charge in [0.05, 0.1) is 5.75 Å². The average Bonchev–Trinajstić information content (AvgIpc) is 2.44. The van der Waals surface area contributed by atoms with E-state index >= 15 is 0 Å². The smallest absolute Gasteiger partial charge is 0.238 e. The normalized spacial score (nSPS) is 13.7. The molecular formula is C16H24FNO3S. The third kappa shape index (κ3) is 4.53. The molecule has 0 aliphatic heterocycles. The SMILES string of the molecule is CCCS(=O)(=O)[C@H](C)C(=O)NCC(C)(C)c1ccccc1F. The van der Waals surface area contributed by atoms with Crippen LogP contribution in [-0.2, 0) is 20.0 Å². The standard InChI is InChI=1S/C16H24FNO3S/c1-5-10-22(20,21)12(2)15(19)18-11-16(3,4)13-8-6-7-9-14(13)17/h6-9,12H,5,10-11H2,1-4H3,(H,18,19)/t12-/m1/s1. The number of hydrogen-bond acceptors (Lipinski definition) is 3. The van der Waals surface area contributed by atoms with Crippen molar-refractivity contribution in [1.82, 2.24) is 5.32 Å². The Morgan fingerprint density at radius 1 is 1.32 bits per heavy atom. The van der Waals surface area contributed by atoms with Crippen LogP contribution in [0.1, 0.15) is 39.7 Å². The molecule has 0 saturated heterocycles. The van der Waals surface area contributed by atoms with Gasteiger partial charge in [0.15, 0.2) is 9.84 Å². The summed E-state index contributed by atoms with van der Waals surface area (Å²) in [6.07, 6.45) is 0.473. The Morgan fingerprint density at radius 3 is 2.45 bits per heavy atom. The largest absolute Gasteiger partial charge is 0.354 e. The third-order valence-electron chi connectivity index (χ3n) is 3.70. The van der Waals surface area contributed by atoms with Crippen molar-refractivity contribution < 1.29 is 17.6 Å². The maximum atomic E-state index is 13.8. The van der Waals surface area contributed by atoms with Crippen LogP contribution >= 0.6 is 0 Å². The summed E-state index contributed by atoms with van der Waals surface area (Å²) in [5.41, 5.74) is -0.144. The summed E-state index contributed by atoms with van der Waals surface area (Å²) in [5.74, 6) is -0.899. The zero-order valence-corrected chi connectivity index (χ0v) is 14.3. The number of nitrogens with one attached hydrogen (secondary N) is 1. The van der Waals surface area contributed by atoms with Gasteiger partial charge in [-0.15, -0.1) is 0 Å². The molecule has 0 aliphatic carbocycles. The molecule has 0 spiro atoms. The molecule has 0 unspecified atom stereocenters. The molecule has 0 aromatic heterocycles. The maximum Gasteiger partial charge on any atom is 0.238 e. The molecule has 22 heavy (non-hydrogen) atoms. The summed E-state index contributed by atoms with van der Waals surface area (Å²) < 4.78 is 37.6. The van der Waals surface area contributed by atoms with Gasteiger partial charge in [-0.2, -0.15) is 0 Å². The summed E-state index contributed by atoms with van der Waals surface area (Å²) in [5, 5.41) is 1.53. The van der Waals surface area contributed by atoms with Crippen molar-refractivity contribution in [2.24, 2.45) is 0 Å². The number of rotatable bonds is 7. The molecule has 124 valence electrons. The molecule has 1 atom stereocenters. The van der Waals surface area contributed by atoms with Crippen molar-refractivity contribution in [3.05, 3.63) is 35.6 Å². The van der Waals surface area contributed by atoms with Gasteiger partial charge in [-0.25, -0.2) is 12.8 Å². The Labute approximate surface area is 132 Å². The highest BCUT2D eigenvalue weighted by atomic mass is 32.2. The van der Waals surface area contributed by atoms with E-state index in [0.29, 0.717) is 12.0 Å². The first-order valence-corrected chi connectivity index (χ1v) is 9.07. The topological polar surface area (TPSA) is 63.2 Å². The molecular weight excluding hydrogens is 305 g/mol. The van der Waals surface area contributed by atoms with Crippen LogP contribution in [0.15, 0.2) is 24.3 Å². The van der Waals surface area contributed by atoms with Gasteiger partial charge < -0.3 is 5.32 Å². The third-order valence-corrected chi connectivity index (χ3v) is 5.97. The fourth-order valence-corrected chi connectivity index (χ4v) is 3.51. The van der Waals surface area contributed by atoms with E-state index in [0.717, 1.165) is 0 Å². The van der Waals surface area contributed by atoms with Gasteiger partial charge in [-0.3, -0.25) is 4.79 Å². The summed E-state index contributed by atoms with van der Waals surface area (Å²) in [6.45, 7) is 6.91. The highest BCUT2D eigenvalue weighted by Gasteiger charge is 2.30. The molecule has 1 aromatic rings. The molecule has 4 nitrogen and oxygen atoms in total. The molecule has 1 amide bonds. The second kappa shape index (κ2) is 7.22. The number of amides is 1. The number of benzene rings is 1. The molecule has 1 rings (SSSR count). The van der Waals surface area contributed by atoms with E-state index in [4.69, 9.17) is 0 Å². The van der Waals surface area contributed by atoms with Gasteiger partial charge in [0, 0.05) is 12.0 Å². The van der Waals surface area contributed by atoms with E-state index < -0.39 is 26.4 Å². The van der Waals surface area contributed by atoms with Crippen LogP contribution in [0.2, 0.25) is 0 Å². The quantitative estimate of drug-likeness (QED) is 0.836. The zero-order valence-electron chi connectivity index (χ0n) is 13.5. The fourth-order valence-electron chi connectivity index (χ4n) is 2.18. The van der Waals surface area contributed by atoms with Gasteiger partial charge >= 0.3 is 0 Å². The number of hydrogen-bond donors (Lipinski definition) is 1. The number of sulfone groups is 1. The van der Waals surface area contributed by atoms with Crippen LogP contribution in [0.4, 0.5) is 4.39 Å². The minimum Gasteiger partial charge on any atom is -0.354 e. The Bertz CT molecular complexity index is 626. The van der Waals surface area contributed by atoms with E-state index in [1.54, 1.807) is 39.0 Å². The molecule has 0 heterocycles. The molecule has 6 heteroatoms. The minimum absolute atomic E-state index is 0.0156. The first kappa shape index (κ1) is 18.6. The van der Waals surface area contributed by atoms with Crippen LogP contribution in [-0.4, -0.2) is 31.9 Å². The van der Waals surface area contributed by atoms with E-state index in [1.165, 1.54) is 13.0 Å². The highest BCUT2D eigenvalue weighted by molar-refractivity contribution is 7.92. The van der Waals surface area contributed by atoms with E-state index in [-0.39, 0.29) is 18.1 Å². The number of halogens is 1. The van der Waals surface area contributed by atoms with Gasteiger partial charge in [-0.1, -0.05) is 39.0 Å². The maximum absolute atomic E-state index is 13.8. The Balaban J connectivity index is 2.77. The second-order valence-corrected chi connectivity index (χ2v) is 8.53. The van der Waals surface area contributed by atoms with Crippen molar-refractivity contribution in [2.75, 3.05) is 12.3 Å². The average molecular weight is 329 g/mol. The molecule has 0 bridgehead atoms. The molecule has 0 fully saturated rings. The van der Waals surface area contributed by atoms with Crippen LogP contribution in [0.3, 0.4) is 0 Å². The lowest BCUT2D eigenvalue weighted by atomic mass is 9.84. The first-order valence-electron chi connectivity index (χ1n) is 7.36. The summed E-state index contributed by atoms with van der Waals surface area (Å²) in [4.78, 5) is 12.0. The first-order chi connectivity index (χ1) is 10.1.